The lowest BCUT2D eigenvalue weighted by atomic mass is 9.88. The van der Waals surface area contributed by atoms with Crippen LogP contribution in [-0.4, -0.2) is 82.7 Å². The Morgan fingerprint density at radius 1 is 1.13 bits per heavy atom. The summed E-state index contributed by atoms with van der Waals surface area (Å²) in [4.78, 5) is 27.1. The highest BCUT2D eigenvalue weighted by Crippen LogP contribution is 2.26. The summed E-state index contributed by atoms with van der Waals surface area (Å²) in [5, 5.41) is 10.6. The van der Waals surface area contributed by atoms with E-state index in [1.807, 2.05) is 11.9 Å². The van der Waals surface area contributed by atoms with Crippen LogP contribution >= 0.6 is 0 Å². The molecule has 0 spiro atoms. The number of aromatic nitrogens is 2. The number of likely N-dealkylation sites (tertiary alicyclic amines) is 1. The van der Waals surface area contributed by atoms with E-state index in [9.17, 15) is 9.90 Å². The third-order valence-electron chi connectivity index (χ3n) is 4.87. The van der Waals surface area contributed by atoms with Gasteiger partial charge in [-0.05, 0) is 26.0 Å². The van der Waals surface area contributed by atoms with Crippen molar-refractivity contribution in [3.05, 3.63) is 18.5 Å². The molecule has 0 bridgehead atoms. The van der Waals surface area contributed by atoms with Gasteiger partial charge in [-0.25, -0.2) is 9.97 Å². The molecule has 0 atom stereocenters. The van der Waals surface area contributed by atoms with Gasteiger partial charge in [-0.1, -0.05) is 0 Å². The van der Waals surface area contributed by atoms with E-state index in [4.69, 9.17) is 0 Å². The number of carbonyl (C=O) groups excluding carboxylic acids is 1. The molecule has 2 saturated heterocycles. The molecule has 0 unspecified atom stereocenters. The summed E-state index contributed by atoms with van der Waals surface area (Å²) in [7, 11) is 2.05. The van der Waals surface area contributed by atoms with Crippen molar-refractivity contribution in [3.63, 3.8) is 0 Å². The molecule has 0 radical (unpaired) electrons. The summed E-state index contributed by atoms with van der Waals surface area (Å²) >= 11 is 0. The molecular weight excluding hydrogens is 294 g/mol. The Morgan fingerprint density at radius 2 is 1.74 bits per heavy atom. The van der Waals surface area contributed by atoms with Gasteiger partial charge in [0.05, 0.1) is 12.0 Å². The highest BCUT2D eigenvalue weighted by Gasteiger charge is 2.35. The molecular formula is C16H25N5O2. The molecule has 1 aromatic heterocycles. The smallest absolute Gasteiger partial charge is 0.225 e. The minimum Gasteiger partial charge on any atom is -0.389 e. The van der Waals surface area contributed by atoms with Crippen LogP contribution in [0.15, 0.2) is 18.5 Å². The molecule has 1 aromatic rings. The standard InChI is InChI=1S/C16H25N5O2/c1-19-7-3-16(23,4-8-19)13-14(22)20-9-11-21(12-10-20)15-17-5-2-6-18-15/h2,5-6,23H,3-4,7-13H2,1H3. The SMILES string of the molecule is CN1CCC(O)(CC(=O)N2CCN(c3ncccn3)CC2)CC1. The zero-order valence-electron chi connectivity index (χ0n) is 13.7. The number of anilines is 1. The summed E-state index contributed by atoms with van der Waals surface area (Å²) in [6.45, 7) is 4.49. The van der Waals surface area contributed by atoms with Crippen molar-refractivity contribution in [2.75, 3.05) is 51.2 Å². The van der Waals surface area contributed by atoms with E-state index in [-0.39, 0.29) is 12.3 Å². The lowest BCUT2D eigenvalue weighted by molar-refractivity contribution is -0.138. The first-order chi connectivity index (χ1) is 11.1. The van der Waals surface area contributed by atoms with Crippen molar-refractivity contribution < 1.29 is 9.90 Å². The summed E-state index contributed by atoms with van der Waals surface area (Å²) in [5.74, 6) is 0.777. The first kappa shape index (κ1) is 16.1. The summed E-state index contributed by atoms with van der Waals surface area (Å²) in [5.41, 5.74) is -0.830. The molecule has 7 nitrogen and oxygen atoms in total. The highest BCUT2D eigenvalue weighted by atomic mass is 16.3. The van der Waals surface area contributed by atoms with E-state index >= 15 is 0 Å². The first-order valence-corrected chi connectivity index (χ1v) is 8.26. The van der Waals surface area contributed by atoms with Gasteiger partial charge in [0.25, 0.3) is 0 Å². The molecule has 2 aliphatic rings. The Kier molecular flexibility index (Phi) is 4.77. The quantitative estimate of drug-likeness (QED) is 0.844. The van der Waals surface area contributed by atoms with Crippen molar-refractivity contribution >= 4 is 11.9 Å². The first-order valence-electron chi connectivity index (χ1n) is 8.26. The minimum absolute atomic E-state index is 0.0608. The number of nitrogens with zero attached hydrogens (tertiary/aromatic N) is 5. The van der Waals surface area contributed by atoms with E-state index in [1.54, 1.807) is 18.5 Å². The molecule has 7 heteroatoms. The van der Waals surface area contributed by atoms with Crippen LogP contribution in [0.2, 0.25) is 0 Å². The van der Waals surface area contributed by atoms with Crippen LogP contribution < -0.4 is 4.90 Å². The molecule has 2 fully saturated rings. The molecule has 23 heavy (non-hydrogen) atoms. The summed E-state index contributed by atoms with van der Waals surface area (Å²) in [6, 6.07) is 1.80. The monoisotopic (exact) mass is 319 g/mol. The van der Waals surface area contributed by atoms with Crippen LogP contribution in [-0.2, 0) is 4.79 Å². The van der Waals surface area contributed by atoms with E-state index in [0.29, 0.717) is 31.9 Å². The average molecular weight is 319 g/mol. The summed E-state index contributed by atoms with van der Waals surface area (Å²) < 4.78 is 0. The third-order valence-corrected chi connectivity index (χ3v) is 4.87. The lowest BCUT2D eigenvalue weighted by Crippen LogP contribution is -2.52. The normalized spacial score (nSPS) is 22.2. The van der Waals surface area contributed by atoms with E-state index in [2.05, 4.69) is 19.8 Å². The summed E-state index contributed by atoms with van der Waals surface area (Å²) in [6.07, 6.45) is 5.05. The largest absolute Gasteiger partial charge is 0.389 e. The highest BCUT2D eigenvalue weighted by molar-refractivity contribution is 5.77. The Balaban J connectivity index is 1.50. The van der Waals surface area contributed by atoms with Gasteiger partial charge in [0, 0.05) is 51.7 Å². The molecule has 3 heterocycles. The van der Waals surface area contributed by atoms with Gasteiger partial charge in [0.15, 0.2) is 0 Å². The Morgan fingerprint density at radius 3 is 2.35 bits per heavy atom. The van der Waals surface area contributed by atoms with Crippen molar-refractivity contribution in [1.29, 1.82) is 0 Å². The minimum atomic E-state index is -0.830. The molecule has 0 aromatic carbocycles. The number of carbonyl (C=O) groups is 1. The maximum Gasteiger partial charge on any atom is 0.225 e. The molecule has 1 N–H and O–H groups in total. The Hall–Kier alpha value is -1.73. The zero-order valence-corrected chi connectivity index (χ0v) is 13.7. The second-order valence-corrected chi connectivity index (χ2v) is 6.62. The number of rotatable bonds is 3. The van der Waals surface area contributed by atoms with Gasteiger partial charge in [0.1, 0.15) is 0 Å². The zero-order chi connectivity index (χ0) is 16.3. The molecule has 3 rings (SSSR count). The van der Waals surface area contributed by atoms with E-state index < -0.39 is 5.60 Å². The van der Waals surface area contributed by atoms with Gasteiger partial charge in [0.2, 0.25) is 11.9 Å². The second-order valence-electron chi connectivity index (χ2n) is 6.62. The fraction of sp³-hybridized carbons (Fsp3) is 0.688. The average Bonchev–Trinajstić information content (AvgIpc) is 2.59. The van der Waals surface area contributed by atoms with Gasteiger partial charge >= 0.3 is 0 Å². The van der Waals surface area contributed by atoms with Crippen molar-refractivity contribution in [1.82, 2.24) is 19.8 Å². The number of piperidine rings is 1. The molecule has 1 amide bonds. The van der Waals surface area contributed by atoms with Gasteiger partial charge < -0.3 is 19.8 Å². The van der Waals surface area contributed by atoms with Crippen molar-refractivity contribution in [2.24, 2.45) is 0 Å². The third kappa shape index (κ3) is 3.97. The molecule has 2 aliphatic heterocycles. The maximum atomic E-state index is 12.5. The Labute approximate surface area is 136 Å². The van der Waals surface area contributed by atoms with Crippen LogP contribution in [0.3, 0.4) is 0 Å². The second kappa shape index (κ2) is 6.80. The molecule has 0 aliphatic carbocycles. The number of piperazine rings is 1. The van der Waals surface area contributed by atoms with Crippen LogP contribution in [0.4, 0.5) is 5.95 Å². The van der Waals surface area contributed by atoms with Gasteiger partial charge in [-0.3, -0.25) is 4.79 Å². The van der Waals surface area contributed by atoms with Crippen molar-refractivity contribution in [2.45, 2.75) is 24.9 Å². The van der Waals surface area contributed by atoms with E-state index in [1.165, 1.54) is 0 Å². The lowest BCUT2D eigenvalue weighted by Gasteiger charge is -2.39. The van der Waals surface area contributed by atoms with Crippen molar-refractivity contribution in [3.8, 4) is 0 Å². The Bertz CT molecular complexity index is 523. The van der Waals surface area contributed by atoms with Crippen LogP contribution in [0.5, 0.6) is 0 Å². The maximum absolute atomic E-state index is 12.5. The molecule has 0 saturated carbocycles. The predicted octanol–water partition coefficient (Wildman–Crippen LogP) is -0.0280. The predicted molar refractivity (Wildman–Crippen MR) is 87.1 cm³/mol. The number of hydrogen-bond donors (Lipinski definition) is 1. The van der Waals surface area contributed by atoms with Gasteiger partial charge in [-0.2, -0.15) is 0 Å². The van der Waals surface area contributed by atoms with E-state index in [0.717, 1.165) is 26.2 Å². The van der Waals surface area contributed by atoms with Crippen LogP contribution in [0.25, 0.3) is 0 Å². The molecule has 126 valence electrons. The number of hydrogen-bond acceptors (Lipinski definition) is 6. The fourth-order valence-electron chi connectivity index (χ4n) is 3.22. The topological polar surface area (TPSA) is 72.8 Å². The fourth-order valence-corrected chi connectivity index (χ4v) is 3.22. The number of aliphatic hydroxyl groups is 1. The number of amides is 1. The van der Waals surface area contributed by atoms with Crippen LogP contribution in [0, 0.1) is 0 Å². The van der Waals surface area contributed by atoms with Crippen LogP contribution in [0.1, 0.15) is 19.3 Å². The van der Waals surface area contributed by atoms with Gasteiger partial charge in [-0.15, -0.1) is 0 Å².